The molecule has 0 aliphatic rings. The highest BCUT2D eigenvalue weighted by atomic mass is 16.1. The maximum atomic E-state index is 12.1. The number of benzene rings is 1. The zero-order valence-electron chi connectivity index (χ0n) is 13.9. The van der Waals surface area contributed by atoms with Crippen molar-refractivity contribution >= 4 is 11.0 Å². The molecule has 6 nitrogen and oxygen atoms in total. The van der Waals surface area contributed by atoms with E-state index in [1.807, 2.05) is 13.1 Å². The summed E-state index contributed by atoms with van der Waals surface area (Å²) in [4.78, 5) is 21.7. The van der Waals surface area contributed by atoms with Gasteiger partial charge in [-0.25, -0.2) is 4.98 Å². The molecule has 0 saturated heterocycles. The van der Waals surface area contributed by atoms with Crippen LogP contribution in [-0.2, 0) is 13.6 Å². The smallest absolute Gasteiger partial charge is 0.262 e. The van der Waals surface area contributed by atoms with Crippen molar-refractivity contribution in [2.45, 2.75) is 26.4 Å². The molecule has 1 N–H and O–H groups in total. The van der Waals surface area contributed by atoms with E-state index in [-0.39, 0.29) is 11.6 Å². The fourth-order valence-electron chi connectivity index (χ4n) is 2.82. The standard InChI is InChI=1S/C17H21N5O/c1-11-7-5-6-8-13(11)12(2)21(3)10-15-19-16-14(17(23)20-15)9-18-22(16)4/h5-9,12H,10H2,1-4H3,(H,19,20,23)/t12-/m0/s1. The normalized spacial score (nSPS) is 12.9. The molecular weight excluding hydrogens is 290 g/mol. The van der Waals surface area contributed by atoms with Crippen LogP contribution in [0.25, 0.3) is 11.0 Å². The molecule has 1 atom stereocenters. The molecule has 2 heterocycles. The summed E-state index contributed by atoms with van der Waals surface area (Å²) in [6.07, 6.45) is 1.55. The minimum Gasteiger partial charge on any atom is -0.309 e. The average Bonchev–Trinajstić information content (AvgIpc) is 2.89. The molecule has 1 aromatic carbocycles. The average molecular weight is 311 g/mol. The second-order valence-corrected chi connectivity index (χ2v) is 5.97. The molecule has 0 aliphatic carbocycles. The Kier molecular flexibility index (Phi) is 4.00. The van der Waals surface area contributed by atoms with Crippen LogP contribution in [0.1, 0.15) is 29.9 Å². The fourth-order valence-corrected chi connectivity index (χ4v) is 2.82. The highest BCUT2D eigenvalue weighted by Gasteiger charge is 2.16. The number of hydrogen-bond donors (Lipinski definition) is 1. The van der Waals surface area contributed by atoms with Crippen LogP contribution in [0.3, 0.4) is 0 Å². The number of rotatable bonds is 4. The molecule has 120 valence electrons. The summed E-state index contributed by atoms with van der Waals surface area (Å²) in [6.45, 7) is 4.83. The van der Waals surface area contributed by atoms with Crippen molar-refractivity contribution in [3.63, 3.8) is 0 Å². The van der Waals surface area contributed by atoms with Gasteiger partial charge in [-0.15, -0.1) is 0 Å². The van der Waals surface area contributed by atoms with Gasteiger partial charge in [0, 0.05) is 13.1 Å². The van der Waals surface area contributed by atoms with Gasteiger partial charge in [0.15, 0.2) is 5.65 Å². The Hall–Kier alpha value is -2.47. The molecule has 0 bridgehead atoms. The predicted molar refractivity (Wildman–Crippen MR) is 90.2 cm³/mol. The number of nitrogens with one attached hydrogen (secondary N) is 1. The van der Waals surface area contributed by atoms with Gasteiger partial charge in [0.25, 0.3) is 5.56 Å². The highest BCUT2D eigenvalue weighted by Crippen LogP contribution is 2.23. The fraction of sp³-hybridized carbons (Fsp3) is 0.353. The quantitative estimate of drug-likeness (QED) is 0.802. The number of hydrogen-bond acceptors (Lipinski definition) is 4. The molecule has 3 aromatic rings. The molecule has 0 radical (unpaired) electrons. The van der Waals surface area contributed by atoms with E-state index in [2.05, 4.69) is 52.0 Å². The topological polar surface area (TPSA) is 66.8 Å². The molecule has 0 spiro atoms. The highest BCUT2D eigenvalue weighted by molar-refractivity contribution is 5.72. The number of nitrogens with zero attached hydrogens (tertiary/aromatic N) is 4. The Labute approximate surface area is 134 Å². The van der Waals surface area contributed by atoms with Crippen LogP contribution in [0.4, 0.5) is 0 Å². The number of H-pyrrole nitrogens is 1. The molecule has 0 saturated carbocycles. The van der Waals surface area contributed by atoms with Crippen molar-refractivity contribution in [2.75, 3.05) is 7.05 Å². The van der Waals surface area contributed by atoms with Gasteiger partial charge >= 0.3 is 0 Å². The van der Waals surface area contributed by atoms with E-state index in [1.165, 1.54) is 11.1 Å². The van der Waals surface area contributed by atoms with Crippen LogP contribution in [-0.4, -0.2) is 31.7 Å². The third-order valence-corrected chi connectivity index (χ3v) is 4.35. The van der Waals surface area contributed by atoms with Crippen molar-refractivity contribution in [1.82, 2.24) is 24.6 Å². The Bertz CT molecular complexity index is 895. The van der Waals surface area contributed by atoms with Crippen LogP contribution in [0.15, 0.2) is 35.3 Å². The number of aromatic nitrogens is 4. The van der Waals surface area contributed by atoms with Crippen LogP contribution >= 0.6 is 0 Å². The molecule has 0 aliphatic heterocycles. The molecule has 0 unspecified atom stereocenters. The Morgan fingerprint density at radius 3 is 2.83 bits per heavy atom. The van der Waals surface area contributed by atoms with Crippen LogP contribution < -0.4 is 5.56 Å². The van der Waals surface area contributed by atoms with Gasteiger partial charge in [0.05, 0.1) is 12.7 Å². The van der Waals surface area contributed by atoms with Gasteiger partial charge in [-0.1, -0.05) is 24.3 Å². The monoisotopic (exact) mass is 311 g/mol. The molecule has 23 heavy (non-hydrogen) atoms. The minimum absolute atomic E-state index is 0.143. The Balaban J connectivity index is 1.88. The molecule has 2 aromatic heterocycles. The summed E-state index contributed by atoms with van der Waals surface area (Å²) >= 11 is 0. The maximum Gasteiger partial charge on any atom is 0.262 e. The number of aryl methyl sites for hydroxylation is 2. The first-order valence-corrected chi connectivity index (χ1v) is 7.64. The molecule has 0 amide bonds. The lowest BCUT2D eigenvalue weighted by atomic mass is 10.0. The van der Waals surface area contributed by atoms with E-state index in [0.29, 0.717) is 23.4 Å². The van der Waals surface area contributed by atoms with Crippen molar-refractivity contribution in [3.05, 3.63) is 57.8 Å². The first kappa shape index (κ1) is 15.4. The minimum atomic E-state index is -0.143. The SMILES string of the molecule is Cc1ccccc1[C@H](C)N(C)Cc1nc2c(cnn2C)c(=O)[nH]1. The van der Waals surface area contributed by atoms with E-state index in [9.17, 15) is 4.79 Å². The van der Waals surface area contributed by atoms with Crippen molar-refractivity contribution in [1.29, 1.82) is 0 Å². The second kappa shape index (κ2) is 5.96. The molecule has 0 fully saturated rings. The van der Waals surface area contributed by atoms with E-state index < -0.39 is 0 Å². The zero-order valence-corrected chi connectivity index (χ0v) is 13.9. The lowest BCUT2D eigenvalue weighted by molar-refractivity contribution is 0.246. The van der Waals surface area contributed by atoms with E-state index >= 15 is 0 Å². The summed E-state index contributed by atoms with van der Waals surface area (Å²) in [5, 5.41) is 4.61. The number of fused-ring (bicyclic) bond motifs is 1. The zero-order chi connectivity index (χ0) is 16.6. The summed E-state index contributed by atoms with van der Waals surface area (Å²) in [5.41, 5.74) is 3.00. The molecule has 6 heteroatoms. The predicted octanol–water partition coefficient (Wildman–Crippen LogP) is 2.16. The third kappa shape index (κ3) is 2.90. The van der Waals surface area contributed by atoms with Gasteiger partial charge in [-0.05, 0) is 32.0 Å². The summed E-state index contributed by atoms with van der Waals surface area (Å²) in [5.74, 6) is 0.647. The summed E-state index contributed by atoms with van der Waals surface area (Å²) < 4.78 is 1.62. The van der Waals surface area contributed by atoms with Gasteiger partial charge in [0.1, 0.15) is 11.2 Å². The summed E-state index contributed by atoms with van der Waals surface area (Å²) in [6, 6.07) is 8.57. The Morgan fingerprint density at radius 1 is 1.35 bits per heavy atom. The third-order valence-electron chi connectivity index (χ3n) is 4.35. The lowest BCUT2D eigenvalue weighted by Gasteiger charge is -2.25. The maximum absolute atomic E-state index is 12.1. The molecular formula is C17H21N5O. The van der Waals surface area contributed by atoms with Crippen LogP contribution in [0.2, 0.25) is 0 Å². The van der Waals surface area contributed by atoms with Gasteiger partial charge < -0.3 is 4.98 Å². The van der Waals surface area contributed by atoms with E-state index in [0.717, 1.165) is 0 Å². The first-order valence-electron chi connectivity index (χ1n) is 7.64. The van der Waals surface area contributed by atoms with Crippen molar-refractivity contribution < 1.29 is 0 Å². The van der Waals surface area contributed by atoms with Gasteiger partial charge in [-0.2, -0.15) is 5.10 Å². The summed E-state index contributed by atoms with van der Waals surface area (Å²) in [7, 11) is 3.82. The number of aromatic amines is 1. The molecule has 3 rings (SSSR count). The van der Waals surface area contributed by atoms with Crippen molar-refractivity contribution in [2.24, 2.45) is 7.05 Å². The van der Waals surface area contributed by atoms with E-state index in [1.54, 1.807) is 17.9 Å². The van der Waals surface area contributed by atoms with Crippen molar-refractivity contribution in [3.8, 4) is 0 Å². The first-order chi connectivity index (χ1) is 11.0. The van der Waals surface area contributed by atoms with Crippen LogP contribution in [0.5, 0.6) is 0 Å². The van der Waals surface area contributed by atoms with E-state index in [4.69, 9.17) is 0 Å². The largest absolute Gasteiger partial charge is 0.309 e. The van der Waals surface area contributed by atoms with Gasteiger partial charge in [-0.3, -0.25) is 14.4 Å². The lowest BCUT2D eigenvalue weighted by Crippen LogP contribution is -2.25. The Morgan fingerprint density at radius 2 is 2.09 bits per heavy atom. The second-order valence-electron chi connectivity index (χ2n) is 5.97. The van der Waals surface area contributed by atoms with Gasteiger partial charge in [0.2, 0.25) is 0 Å². The van der Waals surface area contributed by atoms with Crippen LogP contribution in [0, 0.1) is 6.92 Å².